The van der Waals surface area contributed by atoms with Crippen molar-refractivity contribution in [2.45, 2.75) is 46.0 Å². The van der Waals surface area contributed by atoms with E-state index in [2.05, 4.69) is 24.4 Å². The molecule has 1 saturated heterocycles. The lowest BCUT2D eigenvalue weighted by Crippen LogP contribution is -2.29. The summed E-state index contributed by atoms with van der Waals surface area (Å²) in [6.07, 6.45) is 5.34. The monoisotopic (exact) mass is 510 g/mol. The summed E-state index contributed by atoms with van der Waals surface area (Å²) in [7, 11) is 0. The molecular weight excluding hydrogens is 480 g/mol. The van der Waals surface area contributed by atoms with Gasteiger partial charge in [-0.15, -0.1) is 0 Å². The molecule has 0 bridgehead atoms. The summed E-state index contributed by atoms with van der Waals surface area (Å²) < 4.78 is 5.69. The molecule has 35 heavy (non-hydrogen) atoms. The highest BCUT2D eigenvalue weighted by atomic mass is 32.2. The SMILES string of the molecule is CCCCOC(=O)c1ccc(NC(=O)CCCN2C(=O)/C(=C/c3ccc(CC)cc3)SC2=S)cc1. The van der Waals surface area contributed by atoms with Crippen molar-refractivity contribution in [2.24, 2.45) is 0 Å². The molecule has 6 nitrogen and oxygen atoms in total. The summed E-state index contributed by atoms with van der Waals surface area (Å²) in [5.41, 5.74) is 3.25. The molecule has 0 aromatic heterocycles. The van der Waals surface area contributed by atoms with Crippen molar-refractivity contribution in [3.63, 3.8) is 0 Å². The third-order valence-electron chi connectivity index (χ3n) is 5.48. The fourth-order valence-corrected chi connectivity index (χ4v) is 4.71. The lowest BCUT2D eigenvalue weighted by Gasteiger charge is -2.14. The first-order valence-corrected chi connectivity index (χ1v) is 13.0. The molecule has 2 aromatic rings. The zero-order valence-electron chi connectivity index (χ0n) is 20.0. The van der Waals surface area contributed by atoms with Crippen LogP contribution in [0.5, 0.6) is 0 Å². The molecule has 0 atom stereocenters. The molecule has 1 N–H and O–H groups in total. The van der Waals surface area contributed by atoms with E-state index < -0.39 is 0 Å². The van der Waals surface area contributed by atoms with E-state index in [1.54, 1.807) is 29.2 Å². The van der Waals surface area contributed by atoms with Gasteiger partial charge in [0.15, 0.2) is 0 Å². The lowest BCUT2D eigenvalue weighted by molar-refractivity contribution is -0.122. The van der Waals surface area contributed by atoms with Crippen molar-refractivity contribution in [1.29, 1.82) is 0 Å². The maximum atomic E-state index is 12.8. The number of nitrogens with zero attached hydrogens (tertiary/aromatic N) is 1. The number of aryl methyl sites for hydroxylation is 1. The predicted molar refractivity (Wildman–Crippen MR) is 145 cm³/mol. The Hall–Kier alpha value is -2.97. The number of carbonyl (C=O) groups is 3. The van der Waals surface area contributed by atoms with Crippen molar-refractivity contribution in [3.05, 3.63) is 70.1 Å². The second-order valence-corrected chi connectivity index (χ2v) is 9.82. The molecule has 0 spiro atoms. The molecule has 2 aromatic carbocycles. The topological polar surface area (TPSA) is 75.7 Å². The van der Waals surface area contributed by atoms with Crippen molar-refractivity contribution < 1.29 is 19.1 Å². The second-order valence-electron chi connectivity index (χ2n) is 8.15. The normalized spacial score (nSPS) is 14.5. The van der Waals surface area contributed by atoms with E-state index in [4.69, 9.17) is 17.0 Å². The molecular formula is C27H30N2O4S2. The Labute approximate surface area is 216 Å². The summed E-state index contributed by atoms with van der Waals surface area (Å²) in [4.78, 5) is 39.3. The van der Waals surface area contributed by atoms with Crippen LogP contribution in [0.15, 0.2) is 53.4 Å². The first kappa shape index (κ1) is 26.6. The second kappa shape index (κ2) is 13.2. The third-order valence-corrected chi connectivity index (χ3v) is 6.86. The Bertz CT molecular complexity index is 1100. The van der Waals surface area contributed by atoms with Gasteiger partial charge < -0.3 is 10.1 Å². The van der Waals surface area contributed by atoms with Crippen LogP contribution < -0.4 is 5.32 Å². The first-order valence-electron chi connectivity index (χ1n) is 11.8. The number of ether oxygens (including phenoxy) is 1. The minimum Gasteiger partial charge on any atom is -0.462 e. The highest BCUT2D eigenvalue weighted by Crippen LogP contribution is 2.32. The maximum Gasteiger partial charge on any atom is 0.338 e. The van der Waals surface area contributed by atoms with Gasteiger partial charge in [0, 0.05) is 18.7 Å². The first-order chi connectivity index (χ1) is 16.9. The van der Waals surface area contributed by atoms with Gasteiger partial charge in [0.25, 0.3) is 5.91 Å². The Morgan fingerprint density at radius 3 is 2.43 bits per heavy atom. The highest BCUT2D eigenvalue weighted by molar-refractivity contribution is 8.26. The van der Waals surface area contributed by atoms with Crippen LogP contribution >= 0.6 is 24.0 Å². The number of thioether (sulfide) groups is 1. The Morgan fingerprint density at radius 2 is 1.77 bits per heavy atom. The number of nitrogens with one attached hydrogen (secondary N) is 1. The van der Waals surface area contributed by atoms with Gasteiger partial charge in [-0.3, -0.25) is 14.5 Å². The van der Waals surface area contributed by atoms with Gasteiger partial charge in [-0.2, -0.15) is 0 Å². The molecule has 1 aliphatic heterocycles. The molecule has 1 aliphatic rings. The largest absolute Gasteiger partial charge is 0.462 e. The molecule has 3 rings (SSSR count). The van der Waals surface area contributed by atoms with Crippen LogP contribution in [-0.4, -0.2) is 40.2 Å². The van der Waals surface area contributed by atoms with Crippen LogP contribution in [0.1, 0.15) is 61.0 Å². The van der Waals surface area contributed by atoms with Crippen LogP contribution in [-0.2, 0) is 20.7 Å². The van der Waals surface area contributed by atoms with E-state index in [-0.39, 0.29) is 24.2 Å². The van der Waals surface area contributed by atoms with Gasteiger partial charge in [0.1, 0.15) is 4.32 Å². The zero-order chi connectivity index (χ0) is 25.2. The van der Waals surface area contributed by atoms with Gasteiger partial charge in [0.05, 0.1) is 17.1 Å². The van der Waals surface area contributed by atoms with Gasteiger partial charge in [-0.1, -0.05) is 68.5 Å². The number of hydrogen-bond donors (Lipinski definition) is 1. The van der Waals surface area contributed by atoms with Gasteiger partial charge >= 0.3 is 5.97 Å². The Morgan fingerprint density at radius 1 is 1.06 bits per heavy atom. The van der Waals surface area contributed by atoms with Crippen molar-refractivity contribution >= 4 is 57.8 Å². The summed E-state index contributed by atoms with van der Waals surface area (Å²) in [6.45, 7) is 4.92. The van der Waals surface area contributed by atoms with Crippen LogP contribution in [0.2, 0.25) is 0 Å². The molecule has 0 unspecified atom stereocenters. The summed E-state index contributed by atoms with van der Waals surface area (Å²) >= 11 is 6.68. The molecule has 0 radical (unpaired) electrons. The quantitative estimate of drug-likeness (QED) is 0.178. The van der Waals surface area contributed by atoms with E-state index in [0.29, 0.717) is 40.0 Å². The summed E-state index contributed by atoms with van der Waals surface area (Å²) in [5, 5.41) is 2.81. The smallest absolute Gasteiger partial charge is 0.338 e. The maximum absolute atomic E-state index is 12.8. The molecule has 1 fully saturated rings. The predicted octanol–water partition coefficient (Wildman–Crippen LogP) is 5.83. The van der Waals surface area contributed by atoms with Crippen molar-refractivity contribution in [3.8, 4) is 0 Å². The van der Waals surface area contributed by atoms with Gasteiger partial charge in [-0.25, -0.2) is 4.79 Å². The number of esters is 1. The van der Waals surface area contributed by atoms with Crippen molar-refractivity contribution in [2.75, 3.05) is 18.5 Å². The highest BCUT2D eigenvalue weighted by Gasteiger charge is 2.31. The molecule has 0 aliphatic carbocycles. The lowest BCUT2D eigenvalue weighted by atomic mass is 10.1. The van der Waals surface area contributed by atoms with Gasteiger partial charge in [-0.05, 0) is 60.7 Å². The van der Waals surface area contributed by atoms with E-state index >= 15 is 0 Å². The van der Waals surface area contributed by atoms with Crippen LogP contribution in [0, 0.1) is 0 Å². The minimum absolute atomic E-state index is 0.124. The molecule has 184 valence electrons. The van der Waals surface area contributed by atoms with E-state index in [0.717, 1.165) is 24.8 Å². The van der Waals surface area contributed by atoms with Crippen LogP contribution in [0.25, 0.3) is 6.08 Å². The van der Waals surface area contributed by atoms with E-state index in [1.807, 2.05) is 25.1 Å². The minimum atomic E-state index is -0.369. The number of benzene rings is 2. The average Bonchev–Trinajstić information content (AvgIpc) is 3.12. The summed E-state index contributed by atoms with van der Waals surface area (Å²) in [6, 6.07) is 14.7. The average molecular weight is 511 g/mol. The molecule has 2 amide bonds. The third kappa shape index (κ3) is 7.77. The number of anilines is 1. The summed E-state index contributed by atoms with van der Waals surface area (Å²) in [5.74, 6) is -0.659. The fourth-order valence-electron chi connectivity index (χ4n) is 3.40. The standard InChI is InChI=1S/C27H30N2O4S2/c1-3-5-17-33-26(32)21-12-14-22(15-13-21)28-24(30)7-6-16-29-25(31)23(35-27(29)34)18-20-10-8-19(4-2)9-11-20/h8-15,18H,3-7,16-17H2,1-2H3,(H,28,30)/b23-18-. The van der Waals surface area contributed by atoms with E-state index in [9.17, 15) is 14.4 Å². The van der Waals surface area contributed by atoms with Crippen LogP contribution in [0.4, 0.5) is 5.69 Å². The molecule has 8 heteroatoms. The fraction of sp³-hybridized carbons (Fsp3) is 0.333. The van der Waals surface area contributed by atoms with Gasteiger partial charge in [0.2, 0.25) is 5.91 Å². The number of carbonyl (C=O) groups excluding carboxylic acids is 3. The van der Waals surface area contributed by atoms with Crippen molar-refractivity contribution in [1.82, 2.24) is 4.90 Å². The van der Waals surface area contributed by atoms with Crippen LogP contribution in [0.3, 0.4) is 0 Å². The number of unbranched alkanes of at least 4 members (excludes halogenated alkanes) is 1. The zero-order valence-corrected chi connectivity index (χ0v) is 21.7. The number of thiocarbonyl (C=S) groups is 1. The number of rotatable bonds is 11. The number of hydrogen-bond acceptors (Lipinski definition) is 6. The number of amides is 2. The molecule has 1 heterocycles. The van der Waals surface area contributed by atoms with E-state index in [1.165, 1.54) is 17.3 Å². The molecule has 0 saturated carbocycles. The Kier molecular flexibility index (Phi) is 10.0. The Balaban J connectivity index is 1.45.